The summed E-state index contributed by atoms with van der Waals surface area (Å²) in [5.41, 5.74) is 2.54. The van der Waals surface area contributed by atoms with Crippen LogP contribution in [0, 0.1) is 0 Å². The fourth-order valence-corrected chi connectivity index (χ4v) is 2.21. The van der Waals surface area contributed by atoms with Crippen LogP contribution in [0.5, 0.6) is 0 Å². The van der Waals surface area contributed by atoms with E-state index < -0.39 is 0 Å². The number of aliphatic imine (C=N–C) groups is 2. The minimum atomic E-state index is 0.639. The number of rotatable bonds is 6. The third-order valence-electron chi connectivity index (χ3n) is 3.24. The highest BCUT2D eigenvalue weighted by Crippen LogP contribution is 2.22. The van der Waals surface area contributed by atoms with Crippen LogP contribution < -0.4 is 0 Å². The van der Waals surface area contributed by atoms with Gasteiger partial charge in [0, 0.05) is 31.1 Å². The highest BCUT2D eigenvalue weighted by atomic mass is 35.5. The minimum Gasteiger partial charge on any atom is -0.301 e. The van der Waals surface area contributed by atoms with E-state index in [0.717, 1.165) is 42.2 Å². The van der Waals surface area contributed by atoms with Gasteiger partial charge in [0.05, 0.1) is 10.7 Å². The molecule has 0 saturated carbocycles. The van der Waals surface area contributed by atoms with E-state index in [0.29, 0.717) is 5.03 Å². The van der Waals surface area contributed by atoms with Gasteiger partial charge in [0.2, 0.25) is 0 Å². The maximum Gasteiger partial charge on any atom is 0.141 e. The van der Waals surface area contributed by atoms with Gasteiger partial charge in [0.1, 0.15) is 5.84 Å². The first kappa shape index (κ1) is 18.2. The Kier molecular flexibility index (Phi) is 7.61. The van der Waals surface area contributed by atoms with Crippen molar-refractivity contribution < 1.29 is 0 Å². The summed E-state index contributed by atoms with van der Waals surface area (Å²) >= 11 is 6.14. The van der Waals surface area contributed by atoms with Crippen LogP contribution in [-0.2, 0) is 0 Å². The number of unbranched alkanes of at least 4 members (excludes halogenated alkanes) is 1. The SMILES string of the molecule is C=CC(=NC)C(=CC)C(=NCCCC)N1C=C(Cl)C=CC1=C. The lowest BCUT2D eigenvalue weighted by Gasteiger charge is -2.27. The van der Waals surface area contributed by atoms with E-state index >= 15 is 0 Å². The topological polar surface area (TPSA) is 28.0 Å². The van der Waals surface area contributed by atoms with Crippen molar-refractivity contribution in [3.63, 3.8) is 0 Å². The van der Waals surface area contributed by atoms with Crippen LogP contribution in [0.25, 0.3) is 0 Å². The Labute approximate surface area is 138 Å². The first-order valence-electron chi connectivity index (χ1n) is 7.43. The van der Waals surface area contributed by atoms with Gasteiger partial charge >= 0.3 is 0 Å². The van der Waals surface area contributed by atoms with Gasteiger partial charge in [-0.15, -0.1) is 0 Å². The highest BCUT2D eigenvalue weighted by molar-refractivity contribution is 6.32. The molecule has 0 bridgehead atoms. The van der Waals surface area contributed by atoms with Crippen molar-refractivity contribution in [1.82, 2.24) is 4.90 Å². The second kappa shape index (κ2) is 9.21. The molecule has 0 N–H and O–H groups in total. The summed E-state index contributed by atoms with van der Waals surface area (Å²) in [7, 11) is 1.75. The van der Waals surface area contributed by atoms with Crippen molar-refractivity contribution in [3.8, 4) is 0 Å². The number of halogens is 1. The van der Waals surface area contributed by atoms with Gasteiger partial charge < -0.3 is 4.90 Å². The second-order valence-corrected chi connectivity index (χ2v) is 5.22. The van der Waals surface area contributed by atoms with E-state index in [-0.39, 0.29) is 0 Å². The third kappa shape index (κ3) is 4.57. The molecule has 118 valence electrons. The average Bonchev–Trinajstić information content (AvgIpc) is 2.52. The average molecular weight is 318 g/mol. The number of hydrogen-bond acceptors (Lipinski definition) is 2. The largest absolute Gasteiger partial charge is 0.301 e. The molecule has 0 aromatic rings. The quantitative estimate of drug-likeness (QED) is 0.391. The van der Waals surface area contributed by atoms with Crippen LogP contribution in [0.15, 0.2) is 69.9 Å². The first-order valence-corrected chi connectivity index (χ1v) is 7.81. The van der Waals surface area contributed by atoms with Crippen molar-refractivity contribution in [2.45, 2.75) is 26.7 Å². The van der Waals surface area contributed by atoms with Crippen LogP contribution in [0.1, 0.15) is 26.7 Å². The molecule has 0 aromatic heterocycles. The summed E-state index contributed by atoms with van der Waals surface area (Å²) in [4.78, 5) is 10.9. The van der Waals surface area contributed by atoms with Gasteiger partial charge in [-0.05, 0) is 31.6 Å². The zero-order chi connectivity index (χ0) is 16.5. The van der Waals surface area contributed by atoms with Gasteiger partial charge in [-0.2, -0.15) is 0 Å². The highest BCUT2D eigenvalue weighted by Gasteiger charge is 2.20. The van der Waals surface area contributed by atoms with Gasteiger partial charge in [-0.25, -0.2) is 0 Å². The van der Waals surface area contributed by atoms with Gasteiger partial charge in [0.25, 0.3) is 0 Å². The standard InChI is InChI=1S/C18H24ClN3/c1-6-9-12-21-18(16(7-2)17(8-3)20-5)22-13-15(19)11-10-14(22)4/h7-8,10-11,13H,3-4,6,9,12H2,1-2,5H3. The molecule has 0 amide bonds. The molecule has 0 unspecified atom stereocenters. The molecule has 0 saturated heterocycles. The van der Waals surface area contributed by atoms with Gasteiger partial charge in [-0.1, -0.05) is 44.2 Å². The predicted molar refractivity (Wildman–Crippen MR) is 98.6 cm³/mol. The fraction of sp³-hybridized carbons (Fsp3) is 0.333. The van der Waals surface area contributed by atoms with Crippen LogP contribution in [-0.4, -0.2) is 30.0 Å². The summed E-state index contributed by atoms with van der Waals surface area (Å²) < 4.78 is 0. The Morgan fingerprint density at radius 2 is 2.14 bits per heavy atom. The van der Waals surface area contributed by atoms with Gasteiger partial charge in [-0.3, -0.25) is 9.98 Å². The van der Waals surface area contributed by atoms with E-state index in [4.69, 9.17) is 16.6 Å². The normalized spacial score (nSPS) is 16.9. The number of amidine groups is 1. The monoisotopic (exact) mass is 317 g/mol. The number of allylic oxidation sites excluding steroid dienone is 5. The first-order chi connectivity index (χ1) is 10.6. The minimum absolute atomic E-state index is 0.639. The molecule has 0 fully saturated rings. The van der Waals surface area contributed by atoms with Gasteiger partial charge in [0.15, 0.2) is 0 Å². The Balaban J connectivity index is 3.30. The van der Waals surface area contributed by atoms with Crippen molar-refractivity contribution in [3.05, 3.63) is 60.0 Å². The molecule has 0 radical (unpaired) electrons. The zero-order valence-electron chi connectivity index (χ0n) is 13.6. The molecule has 1 aliphatic rings. The molecule has 22 heavy (non-hydrogen) atoms. The third-order valence-corrected chi connectivity index (χ3v) is 3.46. The molecular weight excluding hydrogens is 294 g/mol. The maximum absolute atomic E-state index is 6.14. The lowest BCUT2D eigenvalue weighted by molar-refractivity contribution is 0.695. The Morgan fingerprint density at radius 1 is 1.41 bits per heavy atom. The van der Waals surface area contributed by atoms with E-state index in [1.54, 1.807) is 13.1 Å². The Morgan fingerprint density at radius 3 is 2.68 bits per heavy atom. The second-order valence-electron chi connectivity index (χ2n) is 4.78. The lowest BCUT2D eigenvalue weighted by Crippen LogP contribution is -2.30. The molecule has 1 heterocycles. The van der Waals surface area contributed by atoms with Crippen molar-refractivity contribution >= 4 is 23.1 Å². The lowest BCUT2D eigenvalue weighted by atomic mass is 10.1. The summed E-state index contributed by atoms with van der Waals surface area (Å²) in [5, 5.41) is 0.639. The Bertz CT molecular complexity index is 577. The molecule has 0 spiro atoms. The molecule has 0 aliphatic carbocycles. The van der Waals surface area contributed by atoms with Crippen LogP contribution in [0.4, 0.5) is 0 Å². The number of hydrogen-bond donors (Lipinski definition) is 0. The molecule has 0 aromatic carbocycles. The summed E-state index contributed by atoms with van der Waals surface area (Å²) in [6.45, 7) is 12.8. The predicted octanol–water partition coefficient (Wildman–Crippen LogP) is 4.85. The molecule has 1 aliphatic heterocycles. The van der Waals surface area contributed by atoms with Crippen LogP contribution >= 0.6 is 11.6 Å². The van der Waals surface area contributed by atoms with E-state index in [1.807, 2.05) is 36.3 Å². The summed E-state index contributed by atoms with van der Waals surface area (Å²) in [5.74, 6) is 0.795. The fourth-order valence-electron chi connectivity index (χ4n) is 2.05. The van der Waals surface area contributed by atoms with E-state index in [9.17, 15) is 0 Å². The maximum atomic E-state index is 6.14. The van der Waals surface area contributed by atoms with Crippen molar-refractivity contribution in [2.75, 3.05) is 13.6 Å². The Hall–Kier alpha value is -1.87. The van der Waals surface area contributed by atoms with E-state index in [2.05, 4.69) is 25.1 Å². The molecule has 3 nitrogen and oxygen atoms in total. The number of nitrogens with zero attached hydrogens (tertiary/aromatic N) is 3. The smallest absolute Gasteiger partial charge is 0.141 e. The molecule has 1 rings (SSSR count). The van der Waals surface area contributed by atoms with Crippen LogP contribution in [0.2, 0.25) is 0 Å². The zero-order valence-corrected chi connectivity index (χ0v) is 14.4. The van der Waals surface area contributed by atoms with Crippen LogP contribution in [0.3, 0.4) is 0 Å². The van der Waals surface area contributed by atoms with E-state index in [1.165, 1.54) is 0 Å². The molecular formula is C18H24ClN3. The molecule has 4 heteroatoms. The molecule has 0 atom stereocenters. The summed E-state index contributed by atoms with van der Waals surface area (Å²) in [6.07, 6.45) is 11.4. The summed E-state index contributed by atoms with van der Waals surface area (Å²) in [6, 6.07) is 0. The van der Waals surface area contributed by atoms with Crippen molar-refractivity contribution in [1.29, 1.82) is 0 Å². The van der Waals surface area contributed by atoms with Crippen molar-refractivity contribution in [2.24, 2.45) is 9.98 Å².